The molecule has 0 radical (unpaired) electrons. The maximum Gasteiger partial charge on any atom is 0.244 e. The fraction of sp³-hybridized carbons (Fsp3) is 0.222. The highest BCUT2D eigenvalue weighted by Crippen LogP contribution is 2.24. The number of anilines is 2. The number of ether oxygens (including phenoxy) is 1. The van der Waals surface area contributed by atoms with E-state index in [1.165, 1.54) is 20.1 Å². The molecule has 0 spiro atoms. The van der Waals surface area contributed by atoms with Crippen LogP contribution in [0.15, 0.2) is 47.4 Å². The van der Waals surface area contributed by atoms with Gasteiger partial charge in [-0.25, -0.2) is 13.1 Å². The Bertz CT molecular complexity index is 940. The van der Waals surface area contributed by atoms with E-state index in [-0.39, 0.29) is 16.6 Å². The van der Waals surface area contributed by atoms with Gasteiger partial charge in [-0.3, -0.25) is 9.59 Å². The van der Waals surface area contributed by atoms with Crippen LogP contribution >= 0.6 is 0 Å². The summed E-state index contributed by atoms with van der Waals surface area (Å²) in [5, 5.41) is 5.19. The zero-order valence-corrected chi connectivity index (χ0v) is 16.0. The van der Waals surface area contributed by atoms with Gasteiger partial charge in [0.05, 0.1) is 13.7 Å². The lowest BCUT2D eigenvalue weighted by Crippen LogP contribution is -2.33. The van der Waals surface area contributed by atoms with Crippen LogP contribution in [0.5, 0.6) is 5.75 Å². The van der Waals surface area contributed by atoms with Crippen LogP contribution in [-0.4, -0.2) is 33.9 Å². The van der Waals surface area contributed by atoms with E-state index in [4.69, 9.17) is 4.74 Å². The number of methoxy groups -OCH3 is 1. The Labute approximate surface area is 158 Å². The molecule has 144 valence electrons. The number of rotatable bonds is 7. The van der Waals surface area contributed by atoms with Gasteiger partial charge in [0, 0.05) is 18.3 Å². The number of benzene rings is 2. The average molecular weight is 391 g/mol. The topological polar surface area (TPSA) is 114 Å². The third-order valence-electron chi connectivity index (χ3n) is 3.52. The predicted octanol–water partition coefficient (Wildman–Crippen LogP) is 1.88. The van der Waals surface area contributed by atoms with Gasteiger partial charge >= 0.3 is 0 Å². The number of aryl methyl sites for hydroxylation is 1. The zero-order chi connectivity index (χ0) is 20.0. The molecule has 3 N–H and O–H groups in total. The van der Waals surface area contributed by atoms with Crippen LogP contribution in [0.2, 0.25) is 0 Å². The molecule has 0 unspecified atom stereocenters. The Hall–Kier alpha value is -2.91. The molecule has 2 aromatic rings. The quantitative estimate of drug-likeness (QED) is 0.667. The third kappa shape index (κ3) is 5.80. The highest BCUT2D eigenvalue weighted by atomic mass is 32.2. The van der Waals surface area contributed by atoms with Gasteiger partial charge in [0.2, 0.25) is 21.8 Å². The molecule has 0 saturated heterocycles. The monoisotopic (exact) mass is 391 g/mol. The van der Waals surface area contributed by atoms with Gasteiger partial charge in [-0.15, -0.1) is 0 Å². The van der Waals surface area contributed by atoms with E-state index >= 15 is 0 Å². The van der Waals surface area contributed by atoms with Gasteiger partial charge < -0.3 is 15.4 Å². The number of amides is 2. The summed E-state index contributed by atoms with van der Waals surface area (Å²) in [4.78, 5) is 23.0. The largest absolute Gasteiger partial charge is 0.495 e. The maximum absolute atomic E-state index is 12.5. The third-order valence-corrected chi connectivity index (χ3v) is 4.94. The van der Waals surface area contributed by atoms with Gasteiger partial charge in [-0.05, 0) is 48.9 Å². The molecule has 27 heavy (non-hydrogen) atoms. The molecule has 0 aliphatic rings. The number of hydrogen-bond donors (Lipinski definition) is 3. The summed E-state index contributed by atoms with van der Waals surface area (Å²) in [7, 11) is -2.54. The molecule has 0 fully saturated rings. The average Bonchev–Trinajstić information content (AvgIpc) is 2.61. The second kappa shape index (κ2) is 8.65. The Morgan fingerprint density at radius 3 is 2.15 bits per heavy atom. The van der Waals surface area contributed by atoms with Crippen LogP contribution < -0.4 is 20.1 Å². The summed E-state index contributed by atoms with van der Waals surface area (Å²) in [5.74, 6) is -0.535. The number of hydrogen-bond acceptors (Lipinski definition) is 5. The molecule has 0 aliphatic carbocycles. The van der Waals surface area contributed by atoms with E-state index in [1.807, 2.05) is 0 Å². The van der Waals surface area contributed by atoms with E-state index in [0.29, 0.717) is 11.4 Å². The first kappa shape index (κ1) is 20.4. The van der Waals surface area contributed by atoms with Crippen molar-refractivity contribution in [3.63, 3.8) is 0 Å². The fourth-order valence-electron chi connectivity index (χ4n) is 2.28. The molecular weight excluding hydrogens is 370 g/mol. The molecule has 8 nitrogen and oxygen atoms in total. The summed E-state index contributed by atoms with van der Waals surface area (Å²) >= 11 is 0. The highest BCUT2D eigenvalue weighted by molar-refractivity contribution is 7.89. The smallest absolute Gasteiger partial charge is 0.244 e. The zero-order valence-electron chi connectivity index (χ0n) is 15.2. The minimum atomic E-state index is -3.92. The first-order valence-electron chi connectivity index (χ1n) is 8.03. The Morgan fingerprint density at radius 1 is 1.00 bits per heavy atom. The van der Waals surface area contributed by atoms with Crippen LogP contribution in [0.3, 0.4) is 0 Å². The van der Waals surface area contributed by atoms with Gasteiger partial charge in [-0.2, -0.15) is 0 Å². The molecule has 0 bridgehead atoms. The predicted molar refractivity (Wildman–Crippen MR) is 102 cm³/mol. The van der Waals surface area contributed by atoms with E-state index in [9.17, 15) is 18.0 Å². The lowest BCUT2D eigenvalue weighted by atomic mass is 10.2. The summed E-state index contributed by atoms with van der Waals surface area (Å²) in [5.41, 5.74) is 1.81. The molecule has 0 aliphatic heterocycles. The Balaban J connectivity index is 2.00. The number of sulfonamides is 1. The lowest BCUT2D eigenvalue weighted by Gasteiger charge is -2.12. The highest BCUT2D eigenvalue weighted by Gasteiger charge is 2.20. The van der Waals surface area contributed by atoms with Crippen molar-refractivity contribution < 1.29 is 22.7 Å². The minimum absolute atomic E-state index is 0.0301. The number of carbonyl (C=O) groups excluding carboxylic acids is 2. The van der Waals surface area contributed by atoms with Crippen molar-refractivity contribution in [2.75, 3.05) is 24.3 Å². The summed E-state index contributed by atoms with van der Waals surface area (Å²) in [6, 6.07) is 11.2. The van der Waals surface area contributed by atoms with Gasteiger partial charge in [0.25, 0.3) is 0 Å². The lowest BCUT2D eigenvalue weighted by molar-refractivity contribution is -0.115. The Kier molecular flexibility index (Phi) is 6.54. The van der Waals surface area contributed by atoms with E-state index in [1.54, 1.807) is 43.3 Å². The normalized spacial score (nSPS) is 10.9. The van der Waals surface area contributed by atoms with Crippen molar-refractivity contribution in [1.82, 2.24) is 4.72 Å². The van der Waals surface area contributed by atoms with Crippen LogP contribution in [0.4, 0.5) is 11.4 Å². The number of nitrogens with one attached hydrogen (secondary N) is 3. The second-order valence-electron chi connectivity index (χ2n) is 5.79. The maximum atomic E-state index is 12.5. The minimum Gasteiger partial charge on any atom is -0.495 e. The molecule has 0 atom stereocenters. The first-order chi connectivity index (χ1) is 12.7. The SMILES string of the molecule is COc1ccc(C)cc1S(=O)(=O)NCC(=O)Nc1ccc(NC(C)=O)cc1. The molecule has 2 rings (SSSR count). The fourth-order valence-corrected chi connectivity index (χ4v) is 3.51. The molecule has 2 amide bonds. The van der Waals surface area contributed by atoms with Crippen LogP contribution in [0, 0.1) is 6.92 Å². The van der Waals surface area contributed by atoms with E-state index in [0.717, 1.165) is 5.56 Å². The van der Waals surface area contributed by atoms with Crippen molar-refractivity contribution in [3.05, 3.63) is 48.0 Å². The second-order valence-corrected chi connectivity index (χ2v) is 7.52. The standard InChI is InChI=1S/C18H21N3O5S/c1-12-4-9-16(26-3)17(10-12)27(24,25)19-11-18(23)21-15-7-5-14(6-8-15)20-13(2)22/h4-10,19H,11H2,1-3H3,(H,20,22)(H,21,23). The van der Waals surface area contributed by atoms with Gasteiger partial charge in [0.1, 0.15) is 10.6 Å². The summed E-state index contributed by atoms with van der Waals surface area (Å²) in [6.07, 6.45) is 0. The summed E-state index contributed by atoms with van der Waals surface area (Å²) in [6.45, 7) is 2.72. The van der Waals surface area contributed by atoms with Gasteiger partial charge in [0.15, 0.2) is 0 Å². The van der Waals surface area contributed by atoms with Crippen molar-refractivity contribution in [1.29, 1.82) is 0 Å². The van der Waals surface area contributed by atoms with Crippen molar-refractivity contribution >= 4 is 33.2 Å². The molecule has 2 aromatic carbocycles. The Morgan fingerprint density at radius 2 is 1.59 bits per heavy atom. The van der Waals surface area contributed by atoms with Crippen molar-refractivity contribution in [2.45, 2.75) is 18.7 Å². The first-order valence-corrected chi connectivity index (χ1v) is 9.51. The van der Waals surface area contributed by atoms with Crippen LogP contribution in [0.1, 0.15) is 12.5 Å². The van der Waals surface area contributed by atoms with Crippen LogP contribution in [-0.2, 0) is 19.6 Å². The molecule has 0 aromatic heterocycles. The van der Waals surface area contributed by atoms with Crippen molar-refractivity contribution in [3.8, 4) is 5.75 Å². The van der Waals surface area contributed by atoms with E-state index in [2.05, 4.69) is 15.4 Å². The molecular formula is C18H21N3O5S. The van der Waals surface area contributed by atoms with Crippen molar-refractivity contribution in [2.24, 2.45) is 0 Å². The van der Waals surface area contributed by atoms with E-state index < -0.39 is 22.5 Å². The molecule has 0 saturated carbocycles. The number of carbonyl (C=O) groups is 2. The molecule has 9 heteroatoms. The van der Waals surface area contributed by atoms with Crippen LogP contribution in [0.25, 0.3) is 0 Å². The molecule has 0 heterocycles. The van der Waals surface area contributed by atoms with Gasteiger partial charge in [-0.1, -0.05) is 6.07 Å². The summed E-state index contributed by atoms with van der Waals surface area (Å²) < 4.78 is 32.3.